The van der Waals surface area contributed by atoms with Crippen molar-refractivity contribution in [3.63, 3.8) is 0 Å². The Balaban J connectivity index is 2.08. The van der Waals surface area contributed by atoms with E-state index in [0.29, 0.717) is 0 Å². The van der Waals surface area contributed by atoms with Gasteiger partial charge in [0, 0.05) is 30.9 Å². The van der Waals surface area contributed by atoms with Crippen LogP contribution in [0.3, 0.4) is 0 Å². The lowest BCUT2D eigenvalue weighted by molar-refractivity contribution is 0.0155. The normalized spacial score (nSPS) is 17.8. The molecule has 1 aliphatic heterocycles. The van der Waals surface area contributed by atoms with Crippen LogP contribution in [0.5, 0.6) is 0 Å². The van der Waals surface area contributed by atoms with Gasteiger partial charge in [-0.1, -0.05) is 6.07 Å². The van der Waals surface area contributed by atoms with Crippen LogP contribution in [0.4, 0.5) is 4.79 Å². The first-order chi connectivity index (χ1) is 11.2. The Hall–Kier alpha value is -1.62. The molecule has 1 aromatic rings. The first-order valence-electron chi connectivity index (χ1n) is 8.75. The molecule has 1 aromatic heterocycles. The van der Waals surface area contributed by atoms with Crippen molar-refractivity contribution in [1.29, 1.82) is 0 Å². The molecule has 5 nitrogen and oxygen atoms in total. The minimum absolute atomic E-state index is 0.0943. The highest BCUT2D eigenvalue weighted by molar-refractivity contribution is 5.68. The van der Waals surface area contributed by atoms with Crippen LogP contribution in [0.1, 0.15) is 45.6 Å². The molecule has 2 rings (SSSR count). The summed E-state index contributed by atoms with van der Waals surface area (Å²) in [5.41, 5.74) is 0.937. The highest BCUT2D eigenvalue weighted by atomic mass is 16.6. The summed E-state index contributed by atoms with van der Waals surface area (Å²) in [5.74, 6) is 0. The molecule has 1 amide bonds. The number of carbonyl (C=O) groups is 1. The van der Waals surface area contributed by atoms with E-state index in [1.165, 1.54) is 5.56 Å². The molecule has 1 fully saturated rings. The van der Waals surface area contributed by atoms with Crippen LogP contribution in [-0.2, 0) is 10.2 Å². The Morgan fingerprint density at radius 2 is 2.00 bits per heavy atom. The first-order valence-corrected chi connectivity index (χ1v) is 8.75. The monoisotopic (exact) mass is 333 g/mol. The topological polar surface area (TPSA) is 45.7 Å². The molecular weight excluding hydrogens is 302 g/mol. The van der Waals surface area contributed by atoms with Crippen molar-refractivity contribution < 1.29 is 9.53 Å². The Labute approximate surface area is 146 Å². The van der Waals surface area contributed by atoms with Crippen LogP contribution in [0.15, 0.2) is 24.5 Å². The molecule has 0 unspecified atom stereocenters. The van der Waals surface area contributed by atoms with Crippen LogP contribution in [0.25, 0.3) is 0 Å². The lowest BCUT2D eigenvalue weighted by Gasteiger charge is -2.42. The number of amides is 1. The Morgan fingerprint density at radius 1 is 1.33 bits per heavy atom. The van der Waals surface area contributed by atoms with Crippen LogP contribution >= 0.6 is 0 Å². The van der Waals surface area contributed by atoms with Gasteiger partial charge in [0.15, 0.2) is 0 Å². The molecule has 1 saturated heterocycles. The lowest BCUT2D eigenvalue weighted by atomic mass is 9.71. The number of hydrogen-bond acceptors (Lipinski definition) is 4. The van der Waals surface area contributed by atoms with E-state index in [1.807, 2.05) is 44.1 Å². The van der Waals surface area contributed by atoms with Gasteiger partial charge in [-0.3, -0.25) is 4.98 Å². The van der Waals surface area contributed by atoms with Crippen molar-refractivity contribution in [2.24, 2.45) is 0 Å². The average molecular weight is 333 g/mol. The molecule has 0 spiro atoms. The van der Waals surface area contributed by atoms with Gasteiger partial charge in [-0.05, 0) is 72.3 Å². The van der Waals surface area contributed by atoms with E-state index < -0.39 is 5.60 Å². The van der Waals surface area contributed by atoms with Gasteiger partial charge in [-0.2, -0.15) is 0 Å². The van der Waals surface area contributed by atoms with Crippen LogP contribution in [0.2, 0.25) is 0 Å². The molecule has 0 radical (unpaired) electrons. The maximum absolute atomic E-state index is 12.3. The summed E-state index contributed by atoms with van der Waals surface area (Å²) in [5, 5.41) is 0. The molecule has 0 atom stereocenters. The third-order valence-electron chi connectivity index (χ3n) is 4.68. The lowest BCUT2D eigenvalue weighted by Crippen LogP contribution is -2.47. The molecule has 0 aromatic carbocycles. The van der Waals surface area contributed by atoms with Gasteiger partial charge in [0.1, 0.15) is 5.60 Å². The third-order valence-corrected chi connectivity index (χ3v) is 4.68. The number of aromatic nitrogens is 1. The van der Waals surface area contributed by atoms with Crippen LogP contribution < -0.4 is 0 Å². The van der Waals surface area contributed by atoms with Crippen molar-refractivity contribution in [2.45, 2.75) is 51.0 Å². The second-order valence-electron chi connectivity index (χ2n) is 8.04. The smallest absolute Gasteiger partial charge is 0.410 e. The fourth-order valence-electron chi connectivity index (χ4n) is 3.24. The fraction of sp³-hybridized carbons (Fsp3) is 0.684. The van der Waals surface area contributed by atoms with Gasteiger partial charge in [-0.25, -0.2) is 4.79 Å². The molecule has 0 bridgehead atoms. The number of rotatable bonds is 4. The quantitative estimate of drug-likeness (QED) is 0.848. The molecule has 24 heavy (non-hydrogen) atoms. The molecule has 1 aliphatic rings. The minimum atomic E-state index is -0.445. The second kappa shape index (κ2) is 7.51. The van der Waals surface area contributed by atoms with Crippen LogP contribution in [-0.4, -0.2) is 60.2 Å². The van der Waals surface area contributed by atoms with E-state index in [9.17, 15) is 4.79 Å². The zero-order valence-electron chi connectivity index (χ0n) is 15.7. The number of pyridine rings is 1. The Bertz CT molecular complexity index is 529. The summed E-state index contributed by atoms with van der Waals surface area (Å²) in [6.45, 7) is 8.22. The second-order valence-corrected chi connectivity index (χ2v) is 8.04. The van der Waals surface area contributed by atoms with Gasteiger partial charge >= 0.3 is 6.09 Å². The summed E-state index contributed by atoms with van der Waals surface area (Å²) >= 11 is 0. The SMILES string of the molecule is CN(C)CCC1(c2cccnc2)CCN(C(=O)OC(C)(C)C)CC1. The molecule has 0 N–H and O–H groups in total. The summed E-state index contributed by atoms with van der Waals surface area (Å²) in [7, 11) is 4.21. The number of ether oxygens (including phenoxy) is 1. The maximum Gasteiger partial charge on any atom is 0.410 e. The number of carbonyl (C=O) groups excluding carboxylic acids is 1. The molecule has 0 aliphatic carbocycles. The summed E-state index contributed by atoms with van der Waals surface area (Å²) in [4.78, 5) is 20.7. The minimum Gasteiger partial charge on any atom is -0.444 e. The predicted octanol–water partition coefficient (Wildman–Crippen LogP) is 3.30. The standard InChI is InChI=1S/C19H31N3O2/c1-18(2,3)24-17(23)22-13-9-19(10-14-22,8-12-21(4)5)16-7-6-11-20-15-16/h6-7,11,15H,8-10,12-14H2,1-5H3. The van der Waals surface area contributed by atoms with Gasteiger partial charge in [0.25, 0.3) is 0 Å². The zero-order valence-corrected chi connectivity index (χ0v) is 15.7. The number of hydrogen-bond donors (Lipinski definition) is 0. The molecule has 2 heterocycles. The fourth-order valence-corrected chi connectivity index (χ4v) is 3.24. The van der Waals surface area contributed by atoms with Crippen molar-refractivity contribution in [2.75, 3.05) is 33.7 Å². The number of piperidine rings is 1. The largest absolute Gasteiger partial charge is 0.444 e. The Kier molecular flexibility index (Phi) is 5.86. The molecule has 134 valence electrons. The first kappa shape index (κ1) is 18.7. The molecular formula is C19H31N3O2. The van der Waals surface area contributed by atoms with Gasteiger partial charge in [-0.15, -0.1) is 0 Å². The van der Waals surface area contributed by atoms with Gasteiger partial charge < -0.3 is 14.5 Å². The third kappa shape index (κ3) is 4.94. The zero-order chi connectivity index (χ0) is 17.8. The van der Waals surface area contributed by atoms with Crippen molar-refractivity contribution >= 4 is 6.09 Å². The molecule has 5 heteroatoms. The molecule has 0 saturated carbocycles. The summed E-state index contributed by atoms with van der Waals surface area (Å²) < 4.78 is 5.52. The van der Waals surface area contributed by atoms with E-state index in [1.54, 1.807) is 0 Å². The summed E-state index contributed by atoms with van der Waals surface area (Å²) in [6.07, 6.45) is 6.58. The van der Waals surface area contributed by atoms with E-state index >= 15 is 0 Å². The van der Waals surface area contributed by atoms with E-state index in [0.717, 1.165) is 38.9 Å². The van der Waals surface area contributed by atoms with Crippen molar-refractivity contribution in [1.82, 2.24) is 14.8 Å². The van der Waals surface area contributed by atoms with Gasteiger partial charge in [0.2, 0.25) is 0 Å². The average Bonchev–Trinajstić information content (AvgIpc) is 2.52. The number of likely N-dealkylation sites (tertiary alicyclic amines) is 1. The predicted molar refractivity (Wildman–Crippen MR) is 96.1 cm³/mol. The summed E-state index contributed by atoms with van der Waals surface area (Å²) in [6, 6.07) is 4.18. The van der Waals surface area contributed by atoms with Crippen molar-refractivity contribution in [3.8, 4) is 0 Å². The number of nitrogens with zero attached hydrogens (tertiary/aromatic N) is 3. The highest BCUT2D eigenvalue weighted by Gasteiger charge is 2.38. The highest BCUT2D eigenvalue weighted by Crippen LogP contribution is 2.38. The van der Waals surface area contributed by atoms with E-state index in [4.69, 9.17) is 4.74 Å². The van der Waals surface area contributed by atoms with Crippen molar-refractivity contribution in [3.05, 3.63) is 30.1 Å². The van der Waals surface area contributed by atoms with Crippen LogP contribution in [0, 0.1) is 0 Å². The van der Waals surface area contributed by atoms with Gasteiger partial charge in [0.05, 0.1) is 0 Å². The van der Waals surface area contributed by atoms with E-state index in [-0.39, 0.29) is 11.5 Å². The Morgan fingerprint density at radius 3 is 2.50 bits per heavy atom. The maximum atomic E-state index is 12.3. The van der Waals surface area contributed by atoms with E-state index in [2.05, 4.69) is 30.0 Å².